The van der Waals surface area contributed by atoms with Gasteiger partial charge in [0, 0.05) is 31.2 Å². The number of hydrogen-bond acceptors (Lipinski definition) is 4. The smallest absolute Gasteiger partial charge is 0.258 e. The molecule has 2 aromatic carbocycles. The molecule has 164 valence electrons. The highest BCUT2D eigenvalue weighted by atomic mass is 35.5. The largest absolute Gasteiger partial charge is 0.496 e. The molecule has 7 nitrogen and oxygen atoms in total. The lowest BCUT2D eigenvalue weighted by molar-refractivity contribution is -0.119. The van der Waals surface area contributed by atoms with E-state index in [1.807, 2.05) is 0 Å². The number of ether oxygens (including phenoxy) is 1. The molecule has 1 aliphatic rings. The summed E-state index contributed by atoms with van der Waals surface area (Å²) in [5.41, 5.74) is 1.01. The fourth-order valence-electron chi connectivity index (χ4n) is 3.51. The van der Waals surface area contributed by atoms with Gasteiger partial charge in [-0.15, -0.1) is 0 Å². The molecule has 3 amide bonds. The number of likely N-dealkylation sites (tertiary alicyclic amines) is 1. The Morgan fingerprint density at radius 1 is 1.13 bits per heavy atom. The molecule has 1 N–H and O–H groups in total. The van der Waals surface area contributed by atoms with Crippen molar-refractivity contribution in [3.8, 4) is 5.75 Å². The number of hydrogen-bond donors (Lipinski definition) is 1. The van der Waals surface area contributed by atoms with Gasteiger partial charge in [0.2, 0.25) is 5.91 Å². The van der Waals surface area contributed by atoms with Crippen LogP contribution < -0.4 is 10.1 Å². The number of anilines is 1. The van der Waals surface area contributed by atoms with Gasteiger partial charge in [-0.3, -0.25) is 14.4 Å². The predicted molar refractivity (Wildman–Crippen MR) is 120 cm³/mol. The molecule has 3 rings (SSSR count). The van der Waals surface area contributed by atoms with Crippen LogP contribution in [0.4, 0.5) is 5.69 Å². The van der Waals surface area contributed by atoms with Gasteiger partial charge in [0.15, 0.2) is 0 Å². The number of nitrogens with zero attached hydrogens (tertiary/aromatic N) is 2. The van der Waals surface area contributed by atoms with Gasteiger partial charge in [-0.2, -0.15) is 0 Å². The second-order valence-electron chi connectivity index (χ2n) is 7.38. The Labute approximate surface area is 190 Å². The van der Waals surface area contributed by atoms with Crippen molar-refractivity contribution in [2.24, 2.45) is 0 Å². The van der Waals surface area contributed by atoms with Gasteiger partial charge >= 0.3 is 0 Å². The Morgan fingerprint density at radius 3 is 2.55 bits per heavy atom. The van der Waals surface area contributed by atoms with Gasteiger partial charge in [0.25, 0.3) is 11.8 Å². The van der Waals surface area contributed by atoms with Crippen LogP contribution in [-0.2, 0) is 4.79 Å². The zero-order valence-electron chi connectivity index (χ0n) is 17.4. The third-order valence-electron chi connectivity index (χ3n) is 5.09. The maximum absolute atomic E-state index is 13.2. The quantitative estimate of drug-likeness (QED) is 0.727. The highest BCUT2D eigenvalue weighted by molar-refractivity contribution is 6.34. The lowest BCUT2D eigenvalue weighted by Crippen LogP contribution is -2.43. The normalized spacial score (nSPS) is 15.5. The van der Waals surface area contributed by atoms with Crippen LogP contribution in [0.3, 0.4) is 0 Å². The molecule has 31 heavy (non-hydrogen) atoms. The van der Waals surface area contributed by atoms with Crippen molar-refractivity contribution in [3.05, 3.63) is 57.6 Å². The first-order valence-electron chi connectivity index (χ1n) is 9.69. The first kappa shape index (κ1) is 22.9. The zero-order chi connectivity index (χ0) is 22.7. The van der Waals surface area contributed by atoms with E-state index in [0.717, 1.165) is 0 Å². The van der Waals surface area contributed by atoms with Gasteiger partial charge in [0.1, 0.15) is 11.8 Å². The van der Waals surface area contributed by atoms with E-state index in [-0.39, 0.29) is 17.7 Å². The third-order valence-corrected chi connectivity index (χ3v) is 5.65. The molecule has 0 aliphatic carbocycles. The summed E-state index contributed by atoms with van der Waals surface area (Å²) in [7, 11) is 4.75. The van der Waals surface area contributed by atoms with Crippen molar-refractivity contribution in [2.75, 3.05) is 33.1 Å². The van der Waals surface area contributed by atoms with E-state index in [2.05, 4.69) is 5.32 Å². The number of nitrogens with one attached hydrogen (secondary N) is 1. The van der Waals surface area contributed by atoms with E-state index >= 15 is 0 Å². The molecule has 0 spiro atoms. The van der Waals surface area contributed by atoms with Crippen LogP contribution in [0.25, 0.3) is 0 Å². The van der Waals surface area contributed by atoms with Gasteiger partial charge < -0.3 is 19.9 Å². The van der Waals surface area contributed by atoms with Crippen LogP contribution in [0.5, 0.6) is 5.75 Å². The minimum absolute atomic E-state index is 0.210. The monoisotopic (exact) mass is 463 g/mol. The van der Waals surface area contributed by atoms with Crippen LogP contribution >= 0.6 is 23.2 Å². The van der Waals surface area contributed by atoms with Crippen LogP contribution in [0.1, 0.15) is 33.6 Å². The molecule has 0 saturated carbocycles. The van der Waals surface area contributed by atoms with E-state index in [4.69, 9.17) is 27.9 Å². The Balaban J connectivity index is 1.82. The standard InChI is InChI=1S/C22H23Cl2N3O4/c1-26(2)21(29)13-6-8-16(24)17(11-13)25-20(28)18-5-4-10-27(18)22(30)15-12-14(23)7-9-19(15)31-3/h6-9,11-12,18H,4-5,10H2,1-3H3,(H,25,28). The Kier molecular flexibility index (Phi) is 7.08. The summed E-state index contributed by atoms with van der Waals surface area (Å²) in [6, 6.07) is 8.79. The van der Waals surface area contributed by atoms with Crippen molar-refractivity contribution in [3.63, 3.8) is 0 Å². The summed E-state index contributed by atoms with van der Waals surface area (Å²) in [5.74, 6) is -0.529. The molecule has 2 aromatic rings. The maximum Gasteiger partial charge on any atom is 0.258 e. The first-order chi connectivity index (χ1) is 14.7. The Bertz CT molecular complexity index is 1030. The molecule has 1 fully saturated rings. The molecule has 1 atom stereocenters. The number of amides is 3. The van der Waals surface area contributed by atoms with Crippen molar-refractivity contribution in [1.82, 2.24) is 9.80 Å². The molecule has 1 unspecified atom stereocenters. The summed E-state index contributed by atoms with van der Waals surface area (Å²) >= 11 is 12.3. The average molecular weight is 464 g/mol. The van der Waals surface area contributed by atoms with Crippen LogP contribution in [0.15, 0.2) is 36.4 Å². The summed E-state index contributed by atoms with van der Waals surface area (Å²) in [4.78, 5) is 41.4. The van der Waals surface area contributed by atoms with Gasteiger partial charge in [-0.25, -0.2) is 0 Å². The van der Waals surface area contributed by atoms with Crippen LogP contribution in [-0.4, -0.2) is 61.3 Å². The number of benzene rings is 2. The molecule has 1 saturated heterocycles. The lowest BCUT2D eigenvalue weighted by Gasteiger charge is -2.25. The SMILES string of the molecule is COc1ccc(Cl)cc1C(=O)N1CCCC1C(=O)Nc1cc(C(=O)N(C)C)ccc1Cl. The predicted octanol–water partition coefficient (Wildman–Crippen LogP) is 3.95. The van der Waals surface area contributed by atoms with Gasteiger partial charge in [-0.05, 0) is 49.2 Å². The van der Waals surface area contributed by atoms with E-state index in [1.54, 1.807) is 38.4 Å². The first-order valence-corrected chi connectivity index (χ1v) is 10.4. The van der Waals surface area contributed by atoms with E-state index in [9.17, 15) is 14.4 Å². The summed E-state index contributed by atoms with van der Waals surface area (Å²) in [5, 5.41) is 3.47. The maximum atomic E-state index is 13.2. The fourth-order valence-corrected chi connectivity index (χ4v) is 3.85. The van der Waals surface area contributed by atoms with Gasteiger partial charge in [-0.1, -0.05) is 23.2 Å². The Hall–Kier alpha value is -2.77. The molecule has 1 aliphatic heterocycles. The highest BCUT2D eigenvalue weighted by Gasteiger charge is 2.36. The van der Waals surface area contributed by atoms with Crippen LogP contribution in [0, 0.1) is 0 Å². The van der Waals surface area contributed by atoms with Crippen molar-refractivity contribution >= 4 is 46.6 Å². The second kappa shape index (κ2) is 9.58. The second-order valence-corrected chi connectivity index (χ2v) is 8.23. The summed E-state index contributed by atoms with van der Waals surface area (Å²) in [6.45, 7) is 0.430. The number of carbonyl (C=O) groups is 3. The van der Waals surface area contributed by atoms with Crippen LogP contribution in [0.2, 0.25) is 10.0 Å². The van der Waals surface area contributed by atoms with E-state index in [1.165, 1.54) is 29.0 Å². The third kappa shape index (κ3) is 4.94. The number of halogens is 2. The topological polar surface area (TPSA) is 79.0 Å². The van der Waals surface area contributed by atoms with Crippen molar-refractivity contribution in [2.45, 2.75) is 18.9 Å². The average Bonchev–Trinajstić information content (AvgIpc) is 3.24. The summed E-state index contributed by atoms with van der Waals surface area (Å²) < 4.78 is 5.28. The Morgan fingerprint density at radius 2 is 1.87 bits per heavy atom. The highest BCUT2D eigenvalue weighted by Crippen LogP contribution is 2.29. The van der Waals surface area contributed by atoms with Crippen molar-refractivity contribution < 1.29 is 19.1 Å². The molecule has 0 bridgehead atoms. The molecular formula is C22H23Cl2N3O4. The molecule has 9 heteroatoms. The minimum atomic E-state index is -0.680. The number of rotatable bonds is 5. The molecule has 1 heterocycles. The molecule has 0 radical (unpaired) electrons. The van der Waals surface area contributed by atoms with E-state index < -0.39 is 6.04 Å². The summed E-state index contributed by atoms with van der Waals surface area (Å²) in [6.07, 6.45) is 1.19. The number of carbonyl (C=O) groups excluding carboxylic acids is 3. The number of methoxy groups -OCH3 is 1. The molecule has 0 aromatic heterocycles. The molecular weight excluding hydrogens is 441 g/mol. The van der Waals surface area contributed by atoms with E-state index in [0.29, 0.717) is 52.0 Å². The minimum Gasteiger partial charge on any atom is -0.496 e. The fraction of sp³-hybridized carbons (Fsp3) is 0.318. The zero-order valence-corrected chi connectivity index (χ0v) is 19.0. The van der Waals surface area contributed by atoms with Gasteiger partial charge in [0.05, 0.1) is 23.4 Å². The lowest BCUT2D eigenvalue weighted by atomic mass is 10.1. The van der Waals surface area contributed by atoms with Crippen molar-refractivity contribution in [1.29, 1.82) is 0 Å².